The molecule has 23 heavy (non-hydrogen) atoms. The van der Waals surface area contributed by atoms with Gasteiger partial charge in [0.15, 0.2) is 11.1 Å². The van der Waals surface area contributed by atoms with Crippen molar-refractivity contribution >= 4 is 22.6 Å². The summed E-state index contributed by atoms with van der Waals surface area (Å²) < 4.78 is 13.4. The third-order valence-corrected chi connectivity index (χ3v) is 4.67. The molecule has 0 amide bonds. The van der Waals surface area contributed by atoms with Crippen LogP contribution in [-0.2, 0) is 6.42 Å². The number of fused-ring (bicyclic) bond motifs is 1. The molecular formula is C17H15ClFN3O. The summed E-state index contributed by atoms with van der Waals surface area (Å²) in [4.78, 5) is 15.6. The maximum absolute atomic E-state index is 13.4. The molecule has 1 aliphatic rings. The Bertz CT molecular complexity index is 922. The van der Waals surface area contributed by atoms with E-state index in [1.807, 2.05) is 0 Å². The largest absolute Gasteiger partial charge is 0.341 e. The molecule has 0 aliphatic heterocycles. The van der Waals surface area contributed by atoms with Crippen LogP contribution >= 0.6 is 11.6 Å². The molecule has 0 unspecified atom stereocenters. The number of H-pyrrole nitrogens is 2. The molecule has 118 valence electrons. The Hall–Kier alpha value is -2.14. The third-order valence-electron chi connectivity index (χ3n) is 4.46. The number of hydrogen-bond acceptors (Lipinski definition) is 2. The van der Waals surface area contributed by atoms with E-state index in [-0.39, 0.29) is 11.2 Å². The van der Waals surface area contributed by atoms with E-state index >= 15 is 0 Å². The van der Waals surface area contributed by atoms with Crippen LogP contribution < -0.4 is 5.43 Å². The predicted molar refractivity (Wildman–Crippen MR) is 87.5 cm³/mol. The molecule has 0 spiro atoms. The van der Waals surface area contributed by atoms with Crippen LogP contribution in [0.1, 0.15) is 42.1 Å². The maximum atomic E-state index is 13.4. The van der Waals surface area contributed by atoms with Crippen molar-refractivity contribution < 1.29 is 4.39 Å². The van der Waals surface area contributed by atoms with Gasteiger partial charge in [-0.05, 0) is 36.6 Å². The highest BCUT2D eigenvalue weighted by Gasteiger charge is 2.25. The third kappa shape index (κ3) is 2.65. The van der Waals surface area contributed by atoms with Gasteiger partial charge in [-0.3, -0.25) is 9.89 Å². The molecule has 0 saturated heterocycles. The van der Waals surface area contributed by atoms with E-state index < -0.39 is 0 Å². The highest BCUT2D eigenvalue weighted by molar-refractivity contribution is 6.30. The van der Waals surface area contributed by atoms with Crippen molar-refractivity contribution in [3.63, 3.8) is 0 Å². The van der Waals surface area contributed by atoms with Crippen molar-refractivity contribution in [2.24, 2.45) is 0 Å². The van der Waals surface area contributed by atoms with Gasteiger partial charge in [0.25, 0.3) is 0 Å². The van der Waals surface area contributed by atoms with Gasteiger partial charge in [0, 0.05) is 29.1 Å². The Morgan fingerprint density at radius 1 is 1.26 bits per heavy atom. The smallest absolute Gasteiger partial charge is 0.193 e. The summed E-state index contributed by atoms with van der Waals surface area (Å²) in [5, 5.41) is 8.23. The van der Waals surface area contributed by atoms with E-state index in [0.29, 0.717) is 39.7 Å². The summed E-state index contributed by atoms with van der Waals surface area (Å²) in [5.74, 6) is 0.0249. The van der Waals surface area contributed by atoms with Crippen LogP contribution in [0.15, 0.2) is 29.1 Å². The Morgan fingerprint density at radius 2 is 2.09 bits per heavy atom. The van der Waals surface area contributed by atoms with E-state index in [0.717, 1.165) is 18.5 Å². The molecule has 4 nitrogen and oxygen atoms in total. The van der Waals surface area contributed by atoms with Crippen molar-refractivity contribution in [1.82, 2.24) is 15.2 Å². The number of rotatable bonds is 3. The van der Waals surface area contributed by atoms with E-state index in [9.17, 15) is 9.18 Å². The summed E-state index contributed by atoms with van der Waals surface area (Å²) in [6, 6.07) is 5.94. The van der Waals surface area contributed by atoms with Crippen molar-refractivity contribution in [3.8, 4) is 0 Å². The zero-order chi connectivity index (χ0) is 16.0. The summed E-state index contributed by atoms with van der Waals surface area (Å²) in [7, 11) is 0. The molecule has 2 aromatic heterocycles. The summed E-state index contributed by atoms with van der Waals surface area (Å²) in [6.45, 7) is 0. The fourth-order valence-electron chi connectivity index (χ4n) is 3.13. The molecule has 1 aliphatic carbocycles. The number of hydrogen-bond donors (Lipinski definition) is 2. The molecule has 6 heteroatoms. The second-order valence-corrected chi connectivity index (χ2v) is 6.54. The monoisotopic (exact) mass is 331 g/mol. The molecule has 0 bridgehead atoms. The first kappa shape index (κ1) is 14.5. The molecule has 1 saturated carbocycles. The van der Waals surface area contributed by atoms with Gasteiger partial charge in [0.05, 0.1) is 11.1 Å². The number of aromatic amines is 2. The van der Waals surface area contributed by atoms with Gasteiger partial charge >= 0.3 is 0 Å². The molecule has 2 heterocycles. The Kier molecular flexibility index (Phi) is 3.45. The molecule has 0 atom stereocenters. The van der Waals surface area contributed by atoms with Gasteiger partial charge in [0.1, 0.15) is 5.82 Å². The molecule has 4 rings (SSSR count). The predicted octanol–water partition coefficient (Wildman–Crippen LogP) is 3.90. The number of nitrogens with one attached hydrogen (secondary N) is 2. The lowest BCUT2D eigenvalue weighted by atomic mass is 9.82. The summed E-state index contributed by atoms with van der Waals surface area (Å²) in [5.41, 5.74) is 2.85. The molecule has 2 N–H and O–H groups in total. The number of benzene rings is 1. The minimum absolute atomic E-state index is 0.0492. The van der Waals surface area contributed by atoms with Crippen LogP contribution in [0.4, 0.5) is 4.39 Å². The highest BCUT2D eigenvalue weighted by atomic mass is 35.5. The second-order valence-electron chi connectivity index (χ2n) is 6.10. The van der Waals surface area contributed by atoms with Crippen molar-refractivity contribution in [3.05, 3.63) is 62.3 Å². The van der Waals surface area contributed by atoms with E-state index in [2.05, 4.69) is 15.2 Å². The van der Waals surface area contributed by atoms with Gasteiger partial charge in [-0.2, -0.15) is 5.10 Å². The minimum atomic E-state index is -0.386. The molecule has 1 aromatic carbocycles. The van der Waals surface area contributed by atoms with Crippen LogP contribution in [0.2, 0.25) is 5.02 Å². The zero-order valence-electron chi connectivity index (χ0n) is 12.3. The van der Waals surface area contributed by atoms with Gasteiger partial charge in [0.2, 0.25) is 0 Å². The number of pyridine rings is 1. The lowest BCUT2D eigenvalue weighted by Gasteiger charge is -2.23. The first-order chi connectivity index (χ1) is 11.1. The summed E-state index contributed by atoms with van der Waals surface area (Å²) in [6.07, 6.45) is 3.79. The maximum Gasteiger partial charge on any atom is 0.193 e. The van der Waals surface area contributed by atoms with Crippen LogP contribution in [0.5, 0.6) is 0 Å². The fourth-order valence-corrected chi connectivity index (χ4v) is 3.38. The topological polar surface area (TPSA) is 61.5 Å². The lowest BCUT2D eigenvalue weighted by Crippen LogP contribution is -2.13. The van der Waals surface area contributed by atoms with E-state index in [1.165, 1.54) is 18.6 Å². The van der Waals surface area contributed by atoms with Crippen molar-refractivity contribution in [2.75, 3.05) is 0 Å². The Labute approximate surface area is 136 Å². The Balaban J connectivity index is 1.72. The van der Waals surface area contributed by atoms with Crippen LogP contribution in [0, 0.1) is 5.82 Å². The summed E-state index contributed by atoms with van der Waals surface area (Å²) >= 11 is 5.87. The van der Waals surface area contributed by atoms with Crippen LogP contribution in [0.25, 0.3) is 11.0 Å². The number of nitrogens with zero attached hydrogens (tertiary/aromatic N) is 1. The highest BCUT2D eigenvalue weighted by Crippen LogP contribution is 2.37. The molecule has 3 aromatic rings. The number of aromatic nitrogens is 3. The van der Waals surface area contributed by atoms with Gasteiger partial charge < -0.3 is 4.98 Å². The fraction of sp³-hybridized carbons (Fsp3) is 0.294. The SMILES string of the molecule is O=c1cc(Cc2cc(F)cc(Cl)c2)[nH]c2n[nH]c(C3CCC3)c12. The van der Waals surface area contributed by atoms with Crippen LogP contribution in [0.3, 0.4) is 0 Å². The molecule has 0 radical (unpaired) electrons. The standard InChI is InChI=1S/C17H15ClFN3O/c18-11-4-9(5-12(19)7-11)6-13-8-14(23)15-16(10-2-1-3-10)21-22-17(15)20-13/h4-5,7-8,10H,1-3,6H2,(H2,20,21,22,23). The van der Waals surface area contributed by atoms with Crippen LogP contribution in [-0.4, -0.2) is 15.2 Å². The number of halogens is 2. The minimum Gasteiger partial charge on any atom is -0.341 e. The van der Waals surface area contributed by atoms with Gasteiger partial charge in [-0.15, -0.1) is 0 Å². The van der Waals surface area contributed by atoms with Crippen molar-refractivity contribution in [2.45, 2.75) is 31.6 Å². The average molecular weight is 332 g/mol. The lowest BCUT2D eigenvalue weighted by molar-refractivity contribution is 0.413. The van der Waals surface area contributed by atoms with Gasteiger partial charge in [-0.25, -0.2) is 4.39 Å². The molecular weight excluding hydrogens is 317 g/mol. The van der Waals surface area contributed by atoms with E-state index in [4.69, 9.17) is 11.6 Å². The average Bonchev–Trinajstić information content (AvgIpc) is 2.79. The second kappa shape index (κ2) is 5.49. The normalized spacial score (nSPS) is 15.0. The van der Waals surface area contributed by atoms with Gasteiger partial charge in [-0.1, -0.05) is 18.0 Å². The molecule has 1 fully saturated rings. The Morgan fingerprint density at radius 3 is 2.78 bits per heavy atom. The first-order valence-electron chi connectivity index (χ1n) is 7.65. The van der Waals surface area contributed by atoms with E-state index in [1.54, 1.807) is 12.1 Å². The first-order valence-corrected chi connectivity index (χ1v) is 8.03. The van der Waals surface area contributed by atoms with Crippen molar-refractivity contribution in [1.29, 1.82) is 0 Å². The zero-order valence-corrected chi connectivity index (χ0v) is 13.1. The quantitative estimate of drug-likeness (QED) is 0.764.